The third-order valence-electron chi connectivity index (χ3n) is 2.39. The molecular formula is C13H10ClFN2O. The number of benzene rings is 2. The summed E-state index contributed by atoms with van der Waals surface area (Å²) in [6, 6.07) is 10.1. The Hall–Kier alpha value is -2.07. The van der Waals surface area contributed by atoms with Crippen LogP contribution in [-0.2, 0) is 0 Å². The molecule has 0 atom stereocenters. The molecule has 0 radical (unpaired) electrons. The van der Waals surface area contributed by atoms with Crippen LogP contribution in [0.3, 0.4) is 0 Å². The molecule has 0 fully saturated rings. The molecule has 0 bridgehead atoms. The lowest BCUT2D eigenvalue weighted by Gasteiger charge is -2.09. The van der Waals surface area contributed by atoms with Crippen LogP contribution in [0.25, 0.3) is 0 Å². The van der Waals surface area contributed by atoms with Gasteiger partial charge in [0.15, 0.2) is 0 Å². The topological polar surface area (TPSA) is 55.1 Å². The lowest BCUT2D eigenvalue weighted by atomic mass is 10.2. The Balaban J connectivity index is 2.24. The molecule has 5 heteroatoms. The lowest BCUT2D eigenvalue weighted by molar-refractivity contribution is 0.102. The maximum absolute atomic E-state index is 12.7. The maximum atomic E-state index is 12.7. The Bertz CT molecular complexity index is 564. The van der Waals surface area contributed by atoms with Gasteiger partial charge in [-0.25, -0.2) is 4.39 Å². The molecule has 2 aromatic carbocycles. The number of nitrogen functional groups attached to an aromatic ring is 1. The Labute approximate surface area is 108 Å². The lowest BCUT2D eigenvalue weighted by Crippen LogP contribution is -2.13. The number of carbonyl (C=O) groups excluding carboxylic acids is 1. The zero-order valence-corrected chi connectivity index (χ0v) is 10.0. The van der Waals surface area contributed by atoms with Crippen LogP contribution in [0.15, 0.2) is 42.5 Å². The average molecular weight is 265 g/mol. The minimum absolute atomic E-state index is 0.329. The Morgan fingerprint density at radius 1 is 1.17 bits per heavy atom. The van der Waals surface area contributed by atoms with Crippen molar-refractivity contribution in [2.24, 2.45) is 0 Å². The number of hydrogen-bond acceptors (Lipinski definition) is 2. The molecule has 0 unspecified atom stereocenters. The molecule has 0 saturated carbocycles. The van der Waals surface area contributed by atoms with Crippen LogP contribution >= 0.6 is 11.6 Å². The van der Waals surface area contributed by atoms with E-state index in [0.29, 0.717) is 22.0 Å². The molecule has 0 saturated heterocycles. The van der Waals surface area contributed by atoms with Crippen molar-refractivity contribution in [3.8, 4) is 0 Å². The van der Waals surface area contributed by atoms with Gasteiger partial charge < -0.3 is 11.1 Å². The van der Waals surface area contributed by atoms with Gasteiger partial charge in [-0.05, 0) is 36.4 Å². The molecule has 0 aromatic heterocycles. The Morgan fingerprint density at radius 3 is 2.44 bits per heavy atom. The monoisotopic (exact) mass is 264 g/mol. The second-order valence-electron chi connectivity index (χ2n) is 3.67. The van der Waals surface area contributed by atoms with E-state index >= 15 is 0 Å². The summed E-state index contributed by atoms with van der Waals surface area (Å²) in [5.74, 6) is -0.793. The van der Waals surface area contributed by atoms with Gasteiger partial charge in [0, 0.05) is 5.56 Å². The van der Waals surface area contributed by atoms with Crippen molar-refractivity contribution in [3.63, 3.8) is 0 Å². The number of nitrogens with one attached hydrogen (secondary N) is 1. The van der Waals surface area contributed by atoms with Crippen LogP contribution < -0.4 is 11.1 Å². The number of carbonyl (C=O) groups is 1. The van der Waals surface area contributed by atoms with E-state index in [2.05, 4.69) is 5.32 Å². The standard InChI is InChI=1S/C13H10ClFN2O/c14-10-2-1-3-11(16)12(10)17-13(18)8-4-6-9(15)7-5-8/h1-7H,16H2,(H,17,18). The summed E-state index contributed by atoms with van der Waals surface area (Å²) in [5, 5.41) is 2.95. The summed E-state index contributed by atoms with van der Waals surface area (Å²) in [4.78, 5) is 11.9. The number of amides is 1. The summed E-state index contributed by atoms with van der Waals surface area (Å²) in [7, 11) is 0. The first-order valence-electron chi connectivity index (χ1n) is 5.19. The molecule has 0 aliphatic heterocycles. The fourth-order valence-electron chi connectivity index (χ4n) is 1.46. The van der Waals surface area contributed by atoms with Crippen molar-refractivity contribution in [1.29, 1.82) is 0 Å². The highest BCUT2D eigenvalue weighted by Crippen LogP contribution is 2.28. The van der Waals surface area contributed by atoms with Gasteiger partial charge in [-0.2, -0.15) is 0 Å². The van der Waals surface area contributed by atoms with E-state index in [1.165, 1.54) is 24.3 Å². The van der Waals surface area contributed by atoms with Gasteiger partial charge in [0.1, 0.15) is 5.82 Å². The summed E-state index contributed by atoms with van der Waals surface area (Å²) >= 11 is 5.93. The third-order valence-corrected chi connectivity index (χ3v) is 2.71. The minimum atomic E-state index is -0.399. The van der Waals surface area contributed by atoms with Gasteiger partial charge in [-0.15, -0.1) is 0 Å². The number of para-hydroxylation sites is 1. The molecule has 92 valence electrons. The predicted molar refractivity (Wildman–Crippen MR) is 70.2 cm³/mol. The van der Waals surface area contributed by atoms with E-state index < -0.39 is 11.7 Å². The van der Waals surface area contributed by atoms with Crippen LogP contribution in [0, 0.1) is 5.82 Å². The van der Waals surface area contributed by atoms with E-state index in [1.54, 1.807) is 18.2 Å². The zero-order chi connectivity index (χ0) is 13.1. The Kier molecular flexibility index (Phi) is 3.48. The first-order valence-corrected chi connectivity index (χ1v) is 5.56. The first kappa shape index (κ1) is 12.4. The van der Waals surface area contributed by atoms with Crippen LogP contribution in [-0.4, -0.2) is 5.91 Å². The van der Waals surface area contributed by atoms with Gasteiger partial charge in [0.2, 0.25) is 0 Å². The highest BCUT2D eigenvalue weighted by molar-refractivity contribution is 6.34. The van der Waals surface area contributed by atoms with Crippen molar-refractivity contribution < 1.29 is 9.18 Å². The number of anilines is 2. The van der Waals surface area contributed by atoms with Gasteiger partial charge in [-0.1, -0.05) is 17.7 Å². The summed E-state index contributed by atoms with van der Waals surface area (Å²) in [5.41, 5.74) is 6.77. The van der Waals surface area contributed by atoms with Crippen LogP contribution in [0.2, 0.25) is 5.02 Å². The second-order valence-corrected chi connectivity index (χ2v) is 4.07. The van der Waals surface area contributed by atoms with Gasteiger partial charge >= 0.3 is 0 Å². The molecule has 18 heavy (non-hydrogen) atoms. The van der Waals surface area contributed by atoms with E-state index in [1.807, 2.05) is 0 Å². The van der Waals surface area contributed by atoms with E-state index in [0.717, 1.165) is 0 Å². The van der Waals surface area contributed by atoms with Crippen molar-refractivity contribution in [2.75, 3.05) is 11.1 Å². The van der Waals surface area contributed by atoms with E-state index in [4.69, 9.17) is 17.3 Å². The normalized spacial score (nSPS) is 10.1. The molecule has 2 aromatic rings. The van der Waals surface area contributed by atoms with Gasteiger partial charge in [0.05, 0.1) is 16.4 Å². The number of rotatable bonds is 2. The molecule has 0 aliphatic rings. The molecule has 0 aliphatic carbocycles. The van der Waals surface area contributed by atoms with Crippen molar-refractivity contribution in [3.05, 3.63) is 58.9 Å². The fraction of sp³-hybridized carbons (Fsp3) is 0. The third kappa shape index (κ3) is 2.60. The summed E-state index contributed by atoms with van der Waals surface area (Å²) < 4.78 is 12.7. The molecule has 3 nitrogen and oxygen atoms in total. The second kappa shape index (κ2) is 5.06. The van der Waals surface area contributed by atoms with Crippen LogP contribution in [0.5, 0.6) is 0 Å². The summed E-state index contributed by atoms with van der Waals surface area (Å²) in [6.07, 6.45) is 0. The maximum Gasteiger partial charge on any atom is 0.255 e. The predicted octanol–water partition coefficient (Wildman–Crippen LogP) is 3.31. The SMILES string of the molecule is Nc1cccc(Cl)c1NC(=O)c1ccc(F)cc1. The molecule has 0 spiro atoms. The quantitative estimate of drug-likeness (QED) is 0.818. The van der Waals surface area contributed by atoms with Gasteiger partial charge in [0.25, 0.3) is 5.91 Å². The number of hydrogen-bond donors (Lipinski definition) is 2. The molecular weight excluding hydrogens is 255 g/mol. The average Bonchev–Trinajstić information content (AvgIpc) is 2.34. The Morgan fingerprint density at radius 2 is 1.83 bits per heavy atom. The highest BCUT2D eigenvalue weighted by atomic mass is 35.5. The zero-order valence-electron chi connectivity index (χ0n) is 9.28. The number of halogens is 2. The van der Waals surface area contributed by atoms with E-state index in [9.17, 15) is 9.18 Å². The number of nitrogens with two attached hydrogens (primary N) is 1. The minimum Gasteiger partial charge on any atom is -0.397 e. The van der Waals surface area contributed by atoms with Crippen molar-refractivity contribution in [2.45, 2.75) is 0 Å². The molecule has 2 rings (SSSR count). The fourth-order valence-corrected chi connectivity index (χ4v) is 1.69. The molecule has 0 heterocycles. The first-order chi connectivity index (χ1) is 8.58. The molecule has 3 N–H and O–H groups in total. The van der Waals surface area contributed by atoms with Crippen molar-refractivity contribution in [1.82, 2.24) is 0 Å². The summed E-state index contributed by atoms with van der Waals surface area (Å²) in [6.45, 7) is 0. The van der Waals surface area contributed by atoms with Crippen LogP contribution in [0.1, 0.15) is 10.4 Å². The smallest absolute Gasteiger partial charge is 0.255 e. The van der Waals surface area contributed by atoms with E-state index in [-0.39, 0.29) is 0 Å². The highest BCUT2D eigenvalue weighted by Gasteiger charge is 2.10. The van der Waals surface area contributed by atoms with Gasteiger partial charge in [-0.3, -0.25) is 4.79 Å². The van der Waals surface area contributed by atoms with Crippen LogP contribution in [0.4, 0.5) is 15.8 Å². The molecule has 1 amide bonds. The van der Waals surface area contributed by atoms with Crippen molar-refractivity contribution >= 4 is 28.9 Å². The largest absolute Gasteiger partial charge is 0.397 e.